The lowest BCUT2D eigenvalue weighted by Gasteiger charge is -2.33. The minimum absolute atomic E-state index is 0.0749. The molecular formula is C18H17ClF2N2O3S. The Balaban J connectivity index is 1.86. The summed E-state index contributed by atoms with van der Waals surface area (Å²) in [5.41, 5.74) is -0.0749. The van der Waals surface area contributed by atoms with Crippen LogP contribution in [-0.4, -0.2) is 31.2 Å². The summed E-state index contributed by atoms with van der Waals surface area (Å²) in [5, 5.41) is 2.62. The molecule has 0 spiro atoms. The third-order valence-corrected chi connectivity index (χ3v) is 6.52. The van der Waals surface area contributed by atoms with Crippen molar-refractivity contribution in [3.05, 3.63) is 59.1 Å². The molecule has 0 unspecified atom stereocenters. The molecule has 9 heteroatoms. The number of halogens is 3. The molecular weight excluding hydrogens is 398 g/mol. The number of carbonyl (C=O) groups excluding carboxylic acids is 1. The van der Waals surface area contributed by atoms with E-state index in [1.807, 2.05) is 0 Å². The van der Waals surface area contributed by atoms with Gasteiger partial charge < -0.3 is 5.32 Å². The highest BCUT2D eigenvalue weighted by Gasteiger charge is 2.37. The molecule has 1 heterocycles. The van der Waals surface area contributed by atoms with Gasteiger partial charge in [0.25, 0.3) is 0 Å². The fourth-order valence-electron chi connectivity index (χ4n) is 3.00. The van der Waals surface area contributed by atoms with E-state index in [0.29, 0.717) is 19.3 Å². The monoisotopic (exact) mass is 414 g/mol. The molecule has 1 amide bonds. The summed E-state index contributed by atoms with van der Waals surface area (Å²) in [4.78, 5) is 12.6. The second-order valence-corrected chi connectivity index (χ2v) is 8.52. The Morgan fingerprint density at radius 3 is 2.48 bits per heavy atom. The van der Waals surface area contributed by atoms with Crippen molar-refractivity contribution in [2.75, 3.05) is 11.9 Å². The van der Waals surface area contributed by atoms with Crippen LogP contribution in [0.25, 0.3) is 0 Å². The Morgan fingerprint density at radius 1 is 1.11 bits per heavy atom. The first-order chi connectivity index (χ1) is 12.8. The highest BCUT2D eigenvalue weighted by Crippen LogP contribution is 2.27. The van der Waals surface area contributed by atoms with Gasteiger partial charge in [-0.25, -0.2) is 17.2 Å². The molecule has 1 aliphatic rings. The molecule has 0 saturated carbocycles. The van der Waals surface area contributed by atoms with Crippen LogP contribution in [-0.2, 0) is 14.8 Å². The lowest BCUT2D eigenvalue weighted by atomic mass is 10.0. The summed E-state index contributed by atoms with van der Waals surface area (Å²) in [5.74, 6) is -1.89. The molecule has 1 N–H and O–H groups in total. The number of nitrogens with one attached hydrogen (secondary N) is 1. The number of hydrogen-bond acceptors (Lipinski definition) is 3. The molecule has 3 rings (SSSR count). The Labute approximate surface area is 161 Å². The number of anilines is 1. The van der Waals surface area contributed by atoms with Gasteiger partial charge in [0.15, 0.2) is 0 Å². The first-order valence-corrected chi connectivity index (χ1v) is 10.1. The van der Waals surface area contributed by atoms with E-state index < -0.39 is 33.6 Å². The van der Waals surface area contributed by atoms with Gasteiger partial charge in [0, 0.05) is 11.6 Å². The van der Waals surface area contributed by atoms with Gasteiger partial charge in [-0.1, -0.05) is 18.0 Å². The number of carbonyl (C=O) groups is 1. The number of amides is 1. The second-order valence-electron chi connectivity index (χ2n) is 6.19. The average molecular weight is 415 g/mol. The Bertz CT molecular complexity index is 952. The average Bonchev–Trinajstić information content (AvgIpc) is 2.64. The van der Waals surface area contributed by atoms with Gasteiger partial charge in [-0.2, -0.15) is 4.31 Å². The van der Waals surface area contributed by atoms with Gasteiger partial charge in [-0.15, -0.1) is 0 Å². The smallest absolute Gasteiger partial charge is 0.243 e. The maximum Gasteiger partial charge on any atom is 0.243 e. The largest absolute Gasteiger partial charge is 0.322 e. The van der Waals surface area contributed by atoms with E-state index >= 15 is 0 Å². The van der Waals surface area contributed by atoms with E-state index in [0.717, 1.165) is 34.6 Å². The predicted octanol–water partition coefficient (Wildman–Crippen LogP) is 3.80. The summed E-state index contributed by atoms with van der Waals surface area (Å²) < 4.78 is 54.0. The summed E-state index contributed by atoms with van der Waals surface area (Å²) in [6.07, 6.45) is 1.57. The van der Waals surface area contributed by atoms with Crippen LogP contribution in [0.4, 0.5) is 14.5 Å². The highest BCUT2D eigenvalue weighted by atomic mass is 35.5. The molecule has 0 bridgehead atoms. The molecule has 0 aliphatic carbocycles. The standard InChI is InChI=1S/C18H17ClF2N2O3S/c19-12-4-9-16(15(21)11-12)22-18(24)17-3-1-2-10-23(17)27(25,26)14-7-5-13(20)6-8-14/h4-9,11,17H,1-3,10H2,(H,22,24)/t17-/m0/s1. The van der Waals surface area contributed by atoms with Crippen molar-refractivity contribution in [3.63, 3.8) is 0 Å². The molecule has 5 nitrogen and oxygen atoms in total. The van der Waals surface area contributed by atoms with Gasteiger partial charge in [0.2, 0.25) is 15.9 Å². The molecule has 0 aromatic heterocycles. The number of sulfonamides is 1. The lowest BCUT2D eigenvalue weighted by molar-refractivity contribution is -0.120. The molecule has 0 radical (unpaired) electrons. The fourth-order valence-corrected chi connectivity index (χ4v) is 4.82. The normalized spacial score (nSPS) is 18.3. The molecule has 2 aromatic carbocycles. The van der Waals surface area contributed by atoms with Crippen LogP contribution in [0, 0.1) is 11.6 Å². The molecule has 27 heavy (non-hydrogen) atoms. The van der Waals surface area contributed by atoms with E-state index in [-0.39, 0.29) is 22.2 Å². The molecule has 2 aromatic rings. The quantitative estimate of drug-likeness (QED) is 0.827. The number of benzene rings is 2. The van der Waals surface area contributed by atoms with Crippen LogP contribution in [0.5, 0.6) is 0 Å². The van der Waals surface area contributed by atoms with Crippen molar-refractivity contribution >= 4 is 33.2 Å². The SMILES string of the molecule is O=C(Nc1ccc(Cl)cc1F)[C@@H]1CCCCN1S(=O)(=O)c1ccc(F)cc1. The third-order valence-electron chi connectivity index (χ3n) is 4.37. The minimum atomic E-state index is -3.99. The van der Waals surface area contributed by atoms with Gasteiger partial charge in [-0.3, -0.25) is 4.79 Å². The first-order valence-electron chi connectivity index (χ1n) is 8.32. The number of hydrogen-bond donors (Lipinski definition) is 1. The van der Waals surface area contributed by atoms with Crippen molar-refractivity contribution in [1.29, 1.82) is 0 Å². The maximum absolute atomic E-state index is 13.9. The zero-order valence-electron chi connectivity index (χ0n) is 14.2. The van der Waals surface area contributed by atoms with Crippen LogP contribution in [0.1, 0.15) is 19.3 Å². The minimum Gasteiger partial charge on any atom is -0.322 e. The van der Waals surface area contributed by atoms with E-state index in [4.69, 9.17) is 11.6 Å². The summed E-state index contributed by atoms with van der Waals surface area (Å²) in [6, 6.07) is 7.24. The van der Waals surface area contributed by atoms with Gasteiger partial charge in [-0.05, 0) is 55.3 Å². The topological polar surface area (TPSA) is 66.5 Å². The lowest BCUT2D eigenvalue weighted by Crippen LogP contribution is -2.49. The fraction of sp³-hybridized carbons (Fsp3) is 0.278. The molecule has 1 atom stereocenters. The number of piperidine rings is 1. The summed E-state index contributed by atoms with van der Waals surface area (Å²) >= 11 is 5.70. The van der Waals surface area contributed by atoms with Crippen LogP contribution in [0.3, 0.4) is 0 Å². The molecule has 1 aliphatic heterocycles. The van der Waals surface area contributed by atoms with Crippen molar-refractivity contribution in [1.82, 2.24) is 4.31 Å². The molecule has 1 saturated heterocycles. The highest BCUT2D eigenvalue weighted by molar-refractivity contribution is 7.89. The zero-order chi connectivity index (χ0) is 19.6. The third kappa shape index (κ3) is 4.28. The van der Waals surface area contributed by atoms with Crippen molar-refractivity contribution < 1.29 is 22.0 Å². The Kier molecular flexibility index (Phi) is 5.78. The van der Waals surface area contributed by atoms with Crippen LogP contribution in [0.15, 0.2) is 47.4 Å². The second kappa shape index (κ2) is 7.92. The van der Waals surface area contributed by atoms with Crippen molar-refractivity contribution in [2.24, 2.45) is 0 Å². The Hall–Kier alpha value is -2.03. The van der Waals surface area contributed by atoms with Crippen LogP contribution >= 0.6 is 11.6 Å². The van der Waals surface area contributed by atoms with Crippen LogP contribution in [0.2, 0.25) is 5.02 Å². The van der Waals surface area contributed by atoms with E-state index in [2.05, 4.69) is 5.32 Å². The van der Waals surface area contributed by atoms with Crippen LogP contribution < -0.4 is 5.32 Å². The molecule has 144 valence electrons. The Morgan fingerprint density at radius 2 is 1.81 bits per heavy atom. The van der Waals surface area contributed by atoms with E-state index in [1.165, 1.54) is 12.1 Å². The van der Waals surface area contributed by atoms with E-state index in [1.54, 1.807) is 0 Å². The van der Waals surface area contributed by atoms with E-state index in [9.17, 15) is 22.0 Å². The summed E-state index contributed by atoms with van der Waals surface area (Å²) in [6.45, 7) is 0.154. The summed E-state index contributed by atoms with van der Waals surface area (Å²) in [7, 11) is -3.99. The first kappa shape index (κ1) is 19.7. The van der Waals surface area contributed by atoms with Gasteiger partial charge in [0.05, 0.1) is 10.6 Å². The van der Waals surface area contributed by atoms with Crippen molar-refractivity contribution in [2.45, 2.75) is 30.2 Å². The number of rotatable bonds is 4. The molecule has 1 fully saturated rings. The van der Waals surface area contributed by atoms with Gasteiger partial charge >= 0.3 is 0 Å². The zero-order valence-corrected chi connectivity index (χ0v) is 15.7. The predicted molar refractivity (Wildman–Crippen MR) is 98.0 cm³/mol. The van der Waals surface area contributed by atoms with Gasteiger partial charge in [0.1, 0.15) is 17.7 Å². The number of nitrogens with zero attached hydrogens (tertiary/aromatic N) is 1. The van der Waals surface area contributed by atoms with Crippen molar-refractivity contribution in [3.8, 4) is 0 Å². The maximum atomic E-state index is 13.9.